The van der Waals surface area contributed by atoms with Crippen LogP contribution >= 0.6 is 0 Å². The number of Topliss-reactive ketones (excluding diaryl/α,β-unsaturated/α-hetero) is 1. The van der Waals surface area contributed by atoms with Crippen LogP contribution < -0.4 is 5.32 Å². The van der Waals surface area contributed by atoms with Crippen LogP contribution in [0.3, 0.4) is 0 Å². The van der Waals surface area contributed by atoms with Crippen LogP contribution in [0.25, 0.3) is 0 Å². The number of nitrogens with one attached hydrogen (secondary N) is 1. The summed E-state index contributed by atoms with van der Waals surface area (Å²) < 4.78 is 1.46. The molecule has 0 spiro atoms. The van der Waals surface area contributed by atoms with E-state index >= 15 is 0 Å². The summed E-state index contributed by atoms with van der Waals surface area (Å²) in [4.78, 5) is 27.1. The van der Waals surface area contributed by atoms with E-state index in [2.05, 4.69) is 15.4 Å². The van der Waals surface area contributed by atoms with Gasteiger partial charge in [-0.05, 0) is 26.0 Å². The Bertz CT molecular complexity index is 592. The fraction of sp³-hybridized carbons (Fsp3) is 0.231. The van der Waals surface area contributed by atoms with E-state index in [1.807, 2.05) is 0 Å². The summed E-state index contributed by atoms with van der Waals surface area (Å²) in [5.74, 6) is -0.258. The standard InChI is InChI=1S/C13H14N4O2/c1-9(17-8-14-7-15-17)13(19)16-12-5-3-4-11(6-12)10(2)18/h3-9H,1-2H3,(H,16,19). The molecule has 2 aromatic rings. The van der Waals surface area contributed by atoms with Crippen LogP contribution in [0.2, 0.25) is 0 Å². The van der Waals surface area contributed by atoms with Gasteiger partial charge in [0.15, 0.2) is 5.78 Å². The zero-order valence-electron chi connectivity index (χ0n) is 10.7. The van der Waals surface area contributed by atoms with Crippen LogP contribution in [0, 0.1) is 0 Å². The summed E-state index contributed by atoms with van der Waals surface area (Å²) in [6, 6.07) is 6.35. The van der Waals surface area contributed by atoms with Crippen molar-refractivity contribution in [1.82, 2.24) is 14.8 Å². The Balaban J connectivity index is 2.11. The van der Waals surface area contributed by atoms with Gasteiger partial charge in [-0.1, -0.05) is 12.1 Å². The maximum Gasteiger partial charge on any atom is 0.249 e. The van der Waals surface area contributed by atoms with Gasteiger partial charge in [0, 0.05) is 11.3 Å². The van der Waals surface area contributed by atoms with Gasteiger partial charge in [0.1, 0.15) is 18.7 Å². The van der Waals surface area contributed by atoms with Crippen LogP contribution in [-0.4, -0.2) is 26.5 Å². The number of aromatic nitrogens is 3. The largest absolute Gasteiger partial charge is 0.324 e. The first-order chi connectivity index (χ1) is 9.08. The van der Waals surface area contributed by atoms with E-state index in [1.165, 1.54) is 24.3 Å². The van der Waals surface area contributed by atoms with Crippen molar-refractivity contribution in [3.05, 3.63) is 42.5 Å². The van der Waals surface area contributed by atoms with Crippen molar-refractivity contribution in [3.8, 4) is 0 Å². The minimum atomic E-state index is -0.469. The third-order valence-corrected chi connectivity index (χ3v) is 2.75. The van der Waals surface area contributed by atoms with E-state index in [0.717, 1.165) is 0 Å². The second-order valence-corrected chi connectivity index (χ2v) is 4.18. The molecule has 1 N–H and O–H groups in total. The molecule has 1 amide bonds. The maximum absolute atomic E-state index is 12.0. The molecule has 0 saturated carbocycles. The van der Waals surface area contributed by atoms with Crippen molar-refractivity contribution in [3.63, 3.8) is 0 Å². The Hall–Kier alpha value is -2.50. The molecule has 0 aliphatic heterocycles. The second-order valence-electron chi connectivity index (χ2n) is 4.18. The lowest BCUT2D eigenvalue weighted by Gasteiger charge is -2.12. The number of amides is 1. The van der Waals surface area contributed by atoms with Gasteiger partial charge in [0.05, 0.1) is 0 Å². The number of benzene rings is 1. The predicted molar refractivity (Wildman–Crippen MR) is 69.8 cm³/mol. The number of hydrogen-bond donors (Lipinski definition) is 1. The lowest BCUT2D eigenvalue weighted by molar-refractivity contribution is -0.119. The normalized spacial score (nSPS) is 11.9. The van der Waals surface area contributed by atoms with Gasteiger partial charge in [0.2, 0.25) is 5.91 Å². The van der Waals surface area contributed by atoms with Crippen molar-refractivity contribution in [2.24, 2.45) is 0 Å². The zero-order valence-corrected chi connectivity index (χ0v) is 10.7. The van der Waals surface area contributed by atoms with Gasteiger partial charge in [-0.2, -0.15) is 5.10 Å². The van der Waals surface area contributed by atoms with Crippen LogP contribution in [-0.2, 0) is 4.79 Å². The van der Waals surface area contributed by atoms with Crippen LogP contribution in [0.5, 0.6) is 0 Å². The average molecular weight is 258 g/mol. The van der Waals surface area contributed by atoms with Crippen LogP contribution in [0.15, 0.2) is 36.9 Å². The molecule has 19 heavy (non-hydrogen) atoms. The first kappa shape index (κ1) is 12.9. The molecule has 0 aliphatic carbocycles. The van der Waals surface area contributed by atoms with Crippen LogP contribution in [0.4, 0.5) is 5.69 Å². The summed E-state index contributed by atoms with van der Waals surface area (Å²) >= 11 is 0. The SMILES string of the molecule is CC(=O)c1cccc(NC(=O)C(C)n2cncn2)c1. The Morgan fingerprint density at radius 2 is 2.16 bits per heavy atom. The molecule has 98 valence electrons. The number of carbonyl (C=O) groups is 2. The van der Waals surface area contributed by atoms with Gasteiger partial charge in [-0.25, -0.2) is 9.67 Å². The topological polar surface area (TPSA) is 76.9 Å². The first-order valence-corrected chi connectivity index (χ1v) is 5.84. The summed E-state index contributed by atoms with van der Waals surface area (Å²) in [5.41, 5.74) is 1.15. The average Bonchev–Trinajstić information content (AvgIpc) is 2.92. The van der Waals surface area contributed by atoms with Gasteiger partial charge in [0.25, 0.3) is 0 Å². The Morgan fingerprint density at radius 3 is 2.79 bits per heavy atom. The Kier molecular flexibility index (Phi) is 3.70. The molecule has 0 radical (unpaired) electrons. The highest BCUT2D eigenvalue weighted by Gasteiger charge is 2.15. The van der Waals surface area contributed by atoms with Gasteiger partial charge in [-0.3, -0.25) is 9.59 Å². The van der Waals surface area contributed by atoms with Crippen molar-refractivity contribution in [1.29, 1.82) is 0 Å². The smallest absolute Gasteiger partial charge is 0.249 e. The molecule has 1 aromatic heterocycles. The monoisotopic (exact) mass is 258 g/mol. The van der Waals surface area contributed by atoms with Gasteiger partial charge in [-0.15, -0.1) is 0 Å². The number of carbonyl (C=O) groups excluding carboxylic acids is 2. The Labute approximate surface area is 110 Å². The van der Waals surface area contributed by atoms with E-state index in [9.17, 15) is 9.59 Å². The molecule has 1 atom stereocenters. The predicted octanol–water partition coefficient (Wildman–Crippen LogP) is 1.68. The first-order valence-electron chi connectivity index (χ1n) is 5.84. The van der Waals surface area contributed by atoms with Crippen molar-refractivity contribution < 1.29 is 9.59 Å². The van der Waals surface area contributed by atoms with E-state index in [1.54, 1.807) is 31.2 Å². The molecule has 2 rings (SSSR count). The number of nitrogens with zero attached hydrogens (tertiary/aromatic N) is 3. The Morgan fingerprint density at radius 1 is 1.37 bits per heavy atom. The summed E-state index contributed by atoms with van der Waals surface area (Å²) in [5, 5.41) is 6.66. The highest BCUT2D eigenvalue weighted by molar-refractivity contribution is 5.97. The van der Waals surface area contributed by atoms with E-state index in [4.69, 9.17) is 0 Å². The molecule has 0 aliphatic rings. The third kappa shape index (κ3) is 3.04. The fourth-order valence-electron chi connectivity index (χ4n) is 1.60. The number of anilines is 1. The van der Waals surface area contributed by atoms with E-state index in [-0.39, 0.29) is 11.7 Å². The fourth-order valence-corrected chi connectivity index (χ4v) is 1.60. The summed E-state index contributed by atoms with van der Waals surface area (Å²) in [6.45, 7) is 3.21. The van der Waals surface area contributed by atoms with Crippen molar-refractivity contribution >= 4 is 17.4 Å². The highest BCUT2D eigenvalue weighted by Crippen LogP contribution is 2.13. The number of hydrogen-bond acceptors (Lipinski definition) is 4. The summed E-state index contributed by atoms with van der Waals surface area (Å²) in [6.07, 6.45) is 2.86. The molecule has 6 heteroatoms. The van der Waals surface area contributed by atoms with Crippen LogP contribution in [0.1, 0.15) is 30.2 Å². The maximum atomic E-state index is 12.0. The second kappa shape index (κ2) is 5.43. The lowest BCUT2D eigenvalue weighted by Crippen LogP contribution is -2.24. The van der Waals surface area contributed by atoms with Crippen molar-refractivity contribution in [2.75, 3.05) is 5.32 Å². The van der Waals surface area contributed by atoms with Crippen molar-refractivity contribution in [2.45, 2.75) is 19.9 Å². The number of ketones is 1. The lowest BCUT2D eigenvalue weighted by atomic mass is 10.1. The molecule has 1 heterocycles. The van der Waals surface area contributed by atoms with E-state index in [0.29, 0.717) is 11.3 Å². The van der Waals surface area contributed by atoms with Gasteiger partial charge < -0.3 is 5.32 Å². The van der Waals surface area contributed by atoms with Gasteiger partial charge >= 0.3 is 0 Å². The number of rotatable bonds is 4. The molecule has 0 saturated heterocycles. The minimum absolute atomic E-state index is 0.0413. The molecular formula is C13H14N4O2. The molecule has 0 fully saturated rings. The minimum Gasteiger partial charge on any atom is -0.324 e. The molecule has 1 unspecified atom stereocenters. The molecule has 1 aromatic carbocycles. The molecule has 0 bridgehead atoms. The molecule has 6 nitrogen and oxygen atoms in total. The highest BCUT2D eigenvalue weighted by atomic mass is 16.2. The van der Waals surface area contributed by atoms with E-state index < -0.39 is 6.04 Å². The summed E-state index contributed by atoms with van der Waals surface area (Å²) in [7, 11) is 0. The molecular weight excluding hydrogens is 244 g/mol. The third-order valence-electron chi connectivity index (χ3n) is 2.75. The zero-order chi connectivity index (χ0) is 13.8. The quantitative estimate of drug-likeness (QED) is 0.846.